The van der Waals surface area contributed by atoms with Gasteiger partial charge in [-0.2, -0.15) is 0 Å². The molecule has 0 aromatic heterocycles. The lowest BCUT2D eigenvalue weighted by Crippen LogP contribution is -2.38. The van der Waals surface area contributed by atoms with E-state index in [1.807, 2.05) is 33.0 Å². The normalized spacial score (nSPS) is 10.7. The fourth-order valence-electron chi connectivity index (χ4n) is 1.35. The molecular weight excluding hydrogens is 201 g/mol. The van der Waals surface area contributed by atoms with Gasteiger partial charge in [-0.1, -0.05) is 26.0 Å². The minimum atomic E-state index is -0.116. The molecule has 0 spiro atoms. The summed E-state index contributed by atoms with van der Waals surface area (Å²) in [7, 11) is 1.92. The molecule has 0 heterocycles. The summed E-state index contributed by atoms with van der Waals surface area (Å²) in [6.07, 6.45) is 0.834. The van der Waals surface area contributed by atoms with E-state index in [-0.39, 0.29) is 11.4 Å². The standard InChI is InChI=1S/C12H18FN.C2H6/c1-9-5-6-10(7-11(9)13)8-12(2,3)14-4;1-2/h5-7,14H,8H2,1-4H3;1-2H3. The van der Waals surface area contributed by atoms with Gasteiger partial charge in [-0.25, -0.2) is 4.39 Å². The van der Waals surface area contributed by atoms with E-state index in [0.717, 1.165) is 12.0 Å². The summed E-state index contributed by atoms with van der Waals surface area (Å²) in [6.45, 7) is 9.98. The van der Waals surface area contributed by atoms with Crippen molar-refractivity contribution in [3.05, 3.63) is 35.1 Å². The Morgan fingerprint density at radius 3 is 2.25 bits per heavy atom. The number of nitrogens with one attached hydrogen (secondary N) is 1. The highest BCUT2D eigenvalue weighted by Gasteiger charge is 2.15. The van der Waals surface area contributed by atoms with Gasteiger partial charge in [0.05, 0.1) is 0 Å². The van der Waals surface area contributed by atoms with Crippen LogP contribution in [-0.2, 0) is 6.42 Å². The molecule has 0 fully saturated rings. The molecule has 0 amide bonds. The average molecular weight is 225 g/mol. The van der Waals surface area contributed by atoms with Crippen LogP contribution in [0, 0.1) is 12.7 Å². The van der Waals surface area contributed by atoms with Crippen LogP contribution in [0.3, 0.4) is 0 Å². The molecule has 1 nitrogen and oxygen atoms in total. The zero-order valence-electron chi connectivity index (χ0n) is 11.3. The van der Waals surface area contributed by atoms with Crippen molar-refractivity contribution in [3.8, 4) is 0 Å². The predicted octanol–water partition coefficient (Wildman–Crippen LogP) is 3.70. The van der Waals surface area contributed by atoms with Gasteiger partial charge in [0.2, 0.25) is 0 Å². The van der Waals surface area contributed by atoms with Crippen molar-refractivity contribution >= 4 is 0 Å². The van der Waals surface area contributed by atoms with Crippen LogP contribution in [0.2, 0.25) is 0 Å². The number of aryl methyl sites for hydroxylation is 1. The van der Waals surface area contributed by atoms with Gasteiger partial charge in [-0.3, -0.25) is 0 Å². The number of likely N-dealkylation sites (N-methyl/N-ethyl adjacent to an activating group) is 1. The Labute approximate surface area is 99.1 Å². The van der Waals surface area contributed by atoms with Crippen molar-refractivity contribution < 1.29 is 4.39 Å². The third-order valence-electron chi connectivity index (χ3n) is 2.56. The van der Waals surface area contributed by atoms with Crippen LogP contribution >= 0.6 is 0 Å². The average Bonchev–Trinajstić information content (AvgIpc) is 2.26. The van der Waals surface area contributed by atoms with Crippen molar-refractivity contribution in [2.24, 2.45) is 0 Å². The first-order chi connectivity index (χ1) is 7.44. The third kappa shape index (κ3) is 4.75. The van der Waals surface area contributed by atoms with Crippen molar-refractivity contribution in [2.75, 3.05) is 7.05 Å². The molecule has 0 aliphatic carbocycles. The highest BCUT2D eigenvalue weighted by atomic mass is 19.1. The Morgan fingerprint density at radius 1 is 1.25 bits per heavy atom. The van der Waals surface area contributed by atoms with Crippen LogP contribution in [-0.4, -0.2) is 12.6 Å². The summed E-state index contributed by atoms with van der Waals surface area (Å²) in [4.78, 5) is 0. The second-order valence-electron chi connectivity index (χ2n) is 4.39. The van der Waals surface area contributed by atoms with E-state index in [2.05, 4.69) is 19.2 Å². The molecule has 1 N–H and O–H groups in total. The van der Waals surface area contributed by atoms with Crippen molar-refractivity contribution in [1.29, 1.82) is 0 Å². The predicted molar refractivity (Wildman–Crippen MR) is 69.3 cm³/mol. The van der Waals surface area contributed by atoms with E-state index in [9.17, 15) is 4.39 Å². The molecule has 1 rings (SSSR count). The Balaban J connectivity index is 0.00000106. The van der Waals surface area contributed by atoms with Gasteiger partial charge in [0.25, 0.3) is 0 Å². The molecule has 0 aliphatic rings. The minimum Gasteiger partial charge on any atom is -0.314 e. The fourth-order valence-corrected chi connectivity index (χ4v) is 1.35. The van der Waals surface area contributed by atoms with Crippen LogP contribution in [0.15, 0.2) is 18.2 Å². The van der Waals surface area contributed by atoms with Gasteiger partial charge in [0.1, 0.15) is 5.82 Å². The second-order valence-corrected chi connectivity index (χ2v) is 4.39. The fraction of sp³-hybridized carbons (Fsp3) is 0.571. The summed E-state index contributed by atoms with van der Waals surface area (Å²) in [5.41, 5.74) is 1.75. The van der Waals surface area contributed by atoms with Gasteiger partial charge in [0.15, 0.2) is 0 Å². The Kier molecular flexibility index (Phi) is 6.27. The maximum absolute atomic E-state index is 13.2. The molecule has 2 heteroatoms. The van der Waals surface area contributed by atoms with Crippen molar-refractivity contribution in [3.63, 3.8) is 0 Å². The lowest BCUT2D eigenvalue weighted by Gasteiger charge is -2.24. The maximum atomic E-state index is 13.2. The highest BCUT2D eigenvalue weighted by molar-refractivity contribution is 5.24. The largest absolute Gasteiger partial charge is 0.314 e. The van der Waals surface area contributed by atoms with Crippen LogP contribution < -0.4 is 5.32 Å². The Morgan fingerprint density at radius 2 is 1.81 bits per heavy atom. The van der Waals surface area contributed by atoms with E-state index in [0.29, 0.717) is 5.56 Å². The van der Waals surface area contributed by atoms with E-state index in [1.165, 1.54) is 0 Å². The SMILES string of the molecule is CC.CNC(C)(C)Cc1ccc(C)c(F)c1. The number of benzene rings is 1. The number of rotatable bonds is 3. The quantitative estimate of drug-likeness (QED) is 0.827. The molecule has 1 aromatic carbocycles. The minimum absolute atomic E-state index is 0.0156. The lowest BCUT2D eigenvalue weighted by atomic mass is 9.94. The third-order valence-corrected chi connectivity index (χ3v) is 2.56. The zero-order chi connectivity index (χ0) is 12.8. The van der Waals surface area contributed by atoms with Crippen LogP contribution in [0.4, 0.5) is 4.39 Å². The topological polar surface area (TPSA) is 12.0 Å². The Bertz CT molecular complexity index is 319. The molecule has 0 aliphatic heterocycles. The van der Waals surface area contributed by atoms with E-state index in [1.54, 1.807) is 13.0 Å². The van der Waals surface area contributed by atoms with E-state index in [4.69, 9.17) is 0 Å². The van der Waals surface area contributed by atoms with Gasteiger partial charge in [-0.15, -0.1) is 0 Å². The molecule has 0 saturated heterocycles. The number of halogens is 1. The highest BCUT2D eigenvalue weighted by Crippen LogP contribution is 2.15. The van der Waals surface area contributed by atoms with Gasteiger partial charge < -0.3 is 5.32 Å². The molecule has 0 bridgehead atoms. The monoisotopic (exact) mass is 225 g/mol. The first kappa shape index (κ1) is 15.1. The molecule has 0 atom stereocenters. The van der Waals surface area contributed by atoms with Crippen LogP contribution in [0.25, 0.3) is 0 Å². The lowest BCUT2D eigenvalue weighted by molar-refractivity contribution is 0.421. The summed E-state index contributed by atoms with van der Waals surface area (Å²) in [6, 6.07) is 5.43. The first-order valence-corrected chi connectivity index (χ1v) is 5.88. The second kappa shape index (κ2) is 6.64. The maximum Gasteiger partial charge on any atom is 0.126 e. The molecule has 0 unspecified atom stereocenters. The van der Waals surface area contributed by atoms with Crippen LogP contribution in [0.5, 0.6) is 0 Å². The van der Waals surface area contributed by atoms with Gasteiger partial charge in [-0.05, 0) is 51.4 Å². The summed E-state index contributed by atoms with van der Waals surface area (Å²) >= 11 is 0. The van der Waals surface area contributed by atoms with E-state index < -0.39 is 0 Å². The molecule has 1 aromatic rings. The molecule has 0 saturated carbocycles. The molecule has 92 valence electrons. The van der Waals surface area contributed by atoms with Crippen LogP contribution in [0.1, 0.15) is 38.8 Å². The summed E-state index contributed by atoms with van der Waals surface area (Å²) in [5, 5.41) is 3.20. The zero-order valence-corrected chi connectivity index (χ0v) is 11.3. The summed E-state index contributed by atoms with van der Waals surface area (Å²) in [5.74, 6) is -0.116. The first-order valence-electron chi connectivity index (χ1n) is 5.88. The van der Waals surface area contributed by atoms with Gasteiger partial charge in [0, 0.05) is 5.54 Å². The summed E-state index contributed by atoms with van der Waals surface area (Å²) < 4.78 is 13.2. The van der Waals surface area contributed by atoms with Crippen molar-refractivity contribution in [2.45, 2.75) is 46.6 Å². The smallest absolute Gasteiger partial charge is 0.126 e. The molecule has 0 radical (unpaired) electrons. The molecule has 16 heavy (non-hydrogen) atoms. The molecular formula is C14H24FN. The number of hydrogen-bond donors (Lipinski definition) is 1. The number of hydrogen-bond acceptors (Lipinski definition) is 1. The van der Waals surface area contributed by atoms with Crippen molar-refractivity contribution in [1.82, 2.24) is 5.32 Å². The Hall–Kier alpha value is -0.890. The van der Waals surface area contributed by atoms with E-state index >= 15 is 0 Å². The van der Waals surface area contributed by atoms with Gasteiger partial charge >= 0.3 is 0 Å².